The highest BCUT2D eigenvalue weighted by Crippen LogP contribution is 2.31. The van der Waals surface area contributed by atoms with Gasteiger partial charge in [0.15, 0.2) is 11.6 Å². The molecule has 3 atom stereocenters. The summed E-state index contributed by atoms with van der Waals surface area (Å²) in [6.07, 6.45) is 5.14. The predicted octanol–water partition coefficient (Wildman–Crippen LogP) is 4.22. The van der Waals surface area contributed by atoms with E-state index < -0.39 is 0 Å². The van der Waals surface area contributed by atoms with Crippen molar-refractivity contribution >= 4 is 21.7 Å². The van der Waals surface area contributed by atoms with Crippen molar-refractivity contribution < 1.29 is 4.39 Å². The van der Waals surface area contributed by atoms with Gasteiger partial charge in [-0.25, -0.2) is 9.37 Å². The largest absolute Gasteiger partial charge is 0.365 e. The standard InChI is InChI=1S/C13H18BrFN2/c1-8-3-4-12(9(2)5-8)17-13-11(15)6-10(14)7-16-13/h6-9,12H,3-5H2,1-2H3,(H,16,17). The molecule has 0 aliphatic heterocycles. The fourth-order valence-electron chi connectivity index (χ4n) is 2.58. The van der Waals surface area contributed by atoms with Crippen LogP contribution in [0.4, 0.5) is 10.2 Å². The van der Waals surface area contributed by atoms with E-state index in [0.717, 1.165) is 12.3 Å². The lowest BCUT2D eigenvalue weighted by Gasteiger charge is -2.33. The van der Waals surface area contributed by atoms with Crippen LogP contribution in [0.1, 0.15) is 33.1 Å². The molecule has 2 rings (SSSR count). The molecule has 1 aliphatic carbocycles. The maximum Gasteiger partial charge on any atom is 0.166 e. The summed E-state index contributed by atoms with van der Waals surface area (Å²) in [5, 5.41) is 3.24. The number of hydrogen-bond acceptors (Lipinski definition) is 2. The molecule has 94 valence electrons. The Balaban J connectivity index is 2.05. The van der Waals surface area contributed by atoms with Crippen LogP contribution in [0.25, 0.3) is 0 Å². The first-order chi connectivity index (χ1) is 8.06. The summed E-state index contributed by atoms with van der Waals surface area (Å²) >= 11 is 3.21. The molecule has 1 aliphatic rings. The van der Waals surface area contributed by atoms with Crippen molar-refractivity contribution in [2.24, 2.45) is 11.8 Å². The van der Waals surface area contributed by atoms with E-state index in [-0.39, 0.29) is 5.82 Å². The van der Waals surface area contributed by atoms with Crippen molar-refractivity contribution in [2.75, 3.05) is 5.32 Å². The smallest absolute Gasteiger partial charge is 0.166 e. The Bertz CT molecular complexity index is 397. The minimum atomic E-state index is -0.287. The minimum Gasteiger partial charge on any atom is -0.365 e. The van der Waals surface area contributed by atoms with Gasteiger partial charge in [-0.1, -0.05) is 13.8 Å². The molecule has 0 bridgehead atoms. The van der Waals surface area contributed by atoms with Gasteiger partial charge >= 0.3 is 0 Å². The highest BCUT2D eigenvalue weighted by molar-refractivity contribution is 9.10. The van der Waals surface area contributed by atoms with Crippen LogP contribution in [0.2, 0.25) is 0 Å². The number of hydrogen-bond donors (Lipinski definition) is 1. The van der Waals surface area contributed by atoms with Crippen LogP contribution >= 0.6 is 15.9 Å². The predicted molar refractivity (Wildman–Crippen MR) is 71.5 cm³/mol. The van der Waals surface area contributed by atoms with Gasteiger partial charge in [0.05, 0.1) is 0 Å². The molecule has 0 saturated heterocycles. The topological polar surface area (TPSA) is 24.9 Å². The number of nitrogens with one attached hydrogen (secondary N) is 1. The fraction of sp³-hybridized carbons (Fsp3) is 0.615. The third-order valence-electron chi connectivity index (χ3n) is 3.56. The molecule has 1 fully saturated rings. The molecule has 1 aromatic rings. The van der Waals surface area contributed by atoms with E-state index in [9.17, 15) is 4.39 Å². The van der Waals surface area contributed by atoms with Gasteiger partial charge in [0, 0.05) is 16.7 Å². The number of nitrogens with zero attached hydrogens (tertiary/aromatic N) is 1. The third kappa shape index (κ3) is 3.18. The molecule has 1 saturated carbocycles. The van der Waals surface area contributed by atoms with E-state index in [4.69, 9.17) is 0 Å². The van der Waals surface area contributed by atoms with Crippen LogP contribution in [-0.2, 0) is 0 Å². The second-order valence-electron chi connectivity index (χ2n) is 5.13. The van der Waals surface area contributed by atoms with E-state index in [0.29, 0.717) is 22.3 Å². The molecule has 0 aromatic carbocycles. The highest BCUT2D eigenvalue weighted by Gasteiger charge is 2.26. The fourth-order valence-corrected chi connectivity index (χ4v) is 2.88. The first-order valence-corrected chi connectivity index (χ1v) is 6.93. The van der Waals surface area contributed by atoms with Gasteiger partial charge in [0.1, 0.15) is 0 Å². The molecule has 1 N–H and O–H groups in total. The van der Waals surface area contributed by atoms with E-state index in [1.807, 2.05) is 0 Å². The van der Waals surface area contributed by atoms with E-state index >= 15 is 0 Å². The quantitative estimate of drug-likeness (QED) is 0.884. The average molecular weight is 301 g/mol. The average Bonchev–Trinajstić information content (AvgIpc) is 2.25. The summed E-state index contributed by atoms with van der Waals surface area (Å²) in [4.78, 5) is 4.09. The van der Waals surface area contributed by atoms with Crippen LogP contribution in [0.15, 0.2) is 16.7 Å². The molecular weight excluding hydrogens is 283 g/mol. The van der Waals surface area contributed by atoms with Crippen molar-refractivity contribution in [1.29, 1.82) is 0 Å². The van der Waals surface area contributed by atoms with Gasteiger partial charge < -0.3 is 5.32 Å². The Morgan fingerprint density at radius 1 is 1.41 bits per heavy atom. The monoisotopic (exact) mass is 300 g/mol. The van der Waals surface area contributed by atoms with Crippen molar-refractivity contribution in [3.63, 3.8) is 0 Å². The van der Waals surface area contributed by atoms with E-state index in [1.54, 1.807) is 6.20 Å². The minimum absolute atomic E-state index is 0.287. The highest BCUT2D eigenvalue weighted by atomic mass is 79.9. The second kappa shape index (κ2) is 5.34. The Hall–Kier alpha value is -0.640. The molecule has 0 amide bonds. The van der Waals surface area contributed by atoms with Crippen LogP contribution < -0.4 is 5.32 Å². The first kappa shape index (κ1) is 12.8. The first-order valence-electron chi connectivity index (χ1n) is 6.14. The zero-order valence-electron chi connectivity index (χ0n) is 10.2. The van der Waals surface area contributed by atoms with Gasteiger partial charge in [-0.15, -0.1) is 0 Å². The molecule has 2 nitrogen and oxygen atoms in total. The van der Waals surface area contributed by atoms with Gasteiger partial charge in [-0.05, 0) is 53.1 Å². The Kier molecular flexibility index (Phi) is 4.02. The molecule has 3 unspecified atom stereocenters. The van der Waals surface area contributed by atoms with Crippen LogP contribution in [0, 0.1) is 17.7 Å². The van der Waals surface area contributed by atoms with Crippen LogP contribution in [0.3, 0.4) is 0 Å². The van der Waals surface area contributed by atoms with Crippen molar-refractivity contribution in [2.45, 2.75) is 39.2 Å². The maximum atomic E-state index is 13.7. The molecule has 4 heteroatoms. The summed E-state index contributed by atoms with van der Waals surface area (Å²) < 4.78 is 14.3. The Morgan fingerprint density at radius 2 is 2.18 bits per heavy atom. The lowest BCUT2D eigenvalue weighted by atomic mass is 9.80. The van der Waals surface area contributed by atoms with Gasteiger partial charge in [-0.3, -0.25) is 0 Å². The molecule has 0 radical (unpaired) electrons. The number of pyridine rings is 1. The zero-order valence-corrected chi connectivity index (χ0v) is 11.8. The van der Waals surface area contributed by atoms with Crippen molar-refractivity contribution in [3.8, 4) is 0 Å². The molecular formula is C13H18BrFN2. The third-order valence-corrected chi connectivity index (χ3v) is 4.00. The number of halogens is 2. The van der Waals surface area contributed by atoms with E-state index in [1.165, 1.54) is 18.9 Å². The zero-order chi connectivity index (χ0) is 12.4. The van der Waals surface area contributed by atoms with Gasteiger partial charge in [-0.2, -0.15) is 0 Å². The number of rotatable bonds is 2. The summed E-state index contributed by atoms with van der Waals surface area (Å²) in [5.41, 5.74) is 0. The SMILES string of the molecule is CC1CCC(Nc2ncc(Br)cc2F)C(C)C1. The molecule has 1 aromatic heterocycles. The summed E-state index contributed by atoms with van der Waals surface area (Å²) in [7, 11) is 0. The van der Waals surface area contributed by atoms with Gasteiger partial charge in [0.2, 0.25) is 0 Å². The molecule has 17 heavy (non-hydrogen) atoms. The van der Waals surface area contributed by atoms with E-state index in [2.05, 4.69) is 40.1 Å². The molecule has 1 heterocycles. The van der Waals surface area contributed by atoms with Crippen LogP contribution in [0.5, 0.6) is 0 Å². The number of anilines is 1. The van der Waals surface area contributed by atoms with Crippen molar-refractivity contribution in [1.82, 2.24) is 4.98 Å². The summed E-state index contributed by atoms with van der Waals surface area (Å²) in [6, 6.07) is 1.79. The van der Waals surface area contributed by atoms with Crippen LogP contribution in [-0.4, -0.2) is 11.0 Å². The molecule has 0 spiro atoms. The Labute approximate surface area is 110 Å². The normalized spacial score (nSPS) is 29.1. The number of aromatic nitrogens is 1. The van der Waals surface area contributed by atoms with Gasteiger partial charge in [0.25, 0.3) is 0 Å². The second-order valence-corrected chi connectivity index (χ2v) is 6.05. The lowest BCUT2D eigenvalue weighted by Crippen LogP contribution is -2.33. The Morgan fingerprint density at radius 3 is 2.82 bits per heavy atom. The lowest BCUT2D eigenvalue weighted by molar-refractivity contribution is 0.275. The van der Waals surface area contributed by atoms with Crippen molar-refractivity contribution in [3.05, 3.63) is 22.6 Å². The summed E-state index contributed by atoms with van der Waals surface area (Å²) in [6.45, 7) is 4.51. The maximum absolute atomic E-state index is 13.7. The summed E-state index contributed by atoms with van der Waals surface area (Å²) in [5.74, 6) is 1.44.